The van der Waals surface area contributed by atoms with Crippen LogP contribution < -0.4 is 0 Å². The van der Waals surface area contributed by atoms with Gasteiger partial charge < -0.3 is 18.4 Å². The fourth-order valence-electron chi connectivity index (χ4n) is 1.94. The smallest absolute Gasteiger partial charge is 0.478 e. The first-order valence-electron chi connectivity index (χ1n) is 6.02. The zero-order chi connectivity index (χ0) is 14.2. The van der Waals surface area contributed by atoms with E-state index in [0.717, 1.165) is 12.8 Å². The summed E-state index contributed by atoms with van der Waals surface area (Å²) >= 11 is 0. The normalized spacial score (nSPS) is 14.6. The second-order valence-electron chi connectivity index (χ2n) is 4.13. The second-order valence-corrected chi connectivity index (χ2v) is 7.38. The summed E-state index contributed by atoms with van der Waals surface area (Å²) in [6, 6.07) is 0. The zero-order valence-corrected chi connectivity index (χ0v) is 12.9. The summed E-state index contributed by atoms with van der Waals surface area (Å²) in [6.07, 6.45) is 4.15. The Morgan fingerprint density at radius 2 is 1.78 bits per heavy atom. The highest BCUT2D eigenvalue weighted by molar-refractivity contribution is 6.62. The van der Waals surface area contributed by atoms with Gasteiger partial charge in [-0.15, -0.1) is 0 Å². The van der Waals surface area contributed by atoms with Gasteiger partial charge in [0.2, 0.25) is 0 Å². The summed E-state index contributed by atoms with van der Waals surface area (Å²) in [4.78, 5) is 10.8. The van der Waals surface area contributed by atoms with E-state index in [2.05, 4.69) is 6.92 Å². The third-order valence-electron chi connectivity index (χ3n) is 3.04. The maximum absolute atomic E-state index is 10.8. The highest BCUT2D eigenvalue weighted by Crippen LogP contribution is 2.32. The number of carboxylic acid groups (broad SMARTS) is 1. The molecule has 0 bridgehead atoms. The van der Waals surface area contributed by atoms with Gasteiger partial charge in [0.05, 0.1) is 0 Å². The molecule has 0 aliphatic heterocycles. The van der Waals surface area contributed by atoms with Crippen LogP contribution in [0.5, 0.6) is 0 Å². The van der Waals surface area contributed by atoms with Crippen molar-refractivity contribution in [2.24, 2.45) is 0 Å². The van der Waals surface area contributed by atoms with Crippen LogP contribution in [-0.2, 0) is 18.1 Å². The first kappa shape index (κ1) is 17.3. The van der Waals surface area contributed by atoms with Crippen LogP contribution in [0.2, 0.25) is 5.54 Å². The molecule has 1 unspecified atom stereocenters. The quantitative estimate of drug-likeness (QED) is 0.517. The van der Waals surface area contributed by atoms with Gasteiger partial charge in [0.25, 0.3) is 0 Å². The minimum absolute atomic E-state index is 0.0804. The number of aliphatic carboxylic acids is 1. The van der Waals surface area contributed by atoms with Gasteiger partial charge >= 0.3 is 14.8 Å². The van der Waals surface area contributed by atoms with E-state index in [9.17, 15) is 4.79 Å². The Kier molecular flexibility index (Phi) is 8.09. The highest BCUT2D eigenvalue weighted by Gasteiger charge is 2.45. The van der Waals surface area contributed by atoms with E-state index < -0.39 is 14.8 Å². The molecule has 106 valence electrons. The SMILES string of the molecule is CCCC(C/C=C(\C)C(=O)O)[Si](OC)(OC)OC. The first-order chi connectivity index (χ1) is 8.47. The van der Waals surface area contributed by atoms with E-state index in [4.69, 9.17) is 18.4 Å². The molecule has 1 atom stereocenters. The van der Waals surface area contributed by atoms with Crippen molar-refractivity contribution in [3.63, 3.8) is 0 Å². The fourth-order valence-corrected chi connectivity index (χ4v) is 4.49. The van der Waals surface area contributed by atoms with E-state index in [1.165, 1.54) is 0 Å². The molecule has 0 radical (unpaired) electrons. The minimum atomic E-state index is -2.71. The molecule has 0 rings (SSSR count). The molecule has 0 aliphatic carbocycles. The summed E-state index contributed by atoms with van der Waals surface area (Å²) in [5, 5.41) is 8.85. The summed E-state index contributed by atoms with van der Waals surface area (Å²) in [7, 11) is 2.03. The van der Waals surface area contributed by atoms with Crippen LogP contribution in [-0.4, -0.2) is 41.2 Å². The second kappa shape index (κ2) is 8.42. The molecule has 0 heterocycles. The highest BCUT2D eigenvalue weighted by atomic mass is 28.4. The third kappa shape index (κ3) is 4.53. The van der Waals surface area contributed by atoms with Crippen molar-refractivity contribution in [3.8, 4) is 0 Å². The first-order valence-corrected chi connectivity index (χ1v) is 7.83. The Balaban J connectivity index is 4.94. The van der Waals surface area contributed by atoms with E-state index >= 15 is 0 Å². The number of carbonyl (C=O) groups is 1. The van der Waals surface area contributed by atoms with Gasteiger partial charge in [0.1, 0.15) is 0 Å². The molecule has 0 aromatic rings. The molecule has 18 heavy (non-hydrogen) atoms. The largest absolute Gasteiger partial charge is 0.503 e. The van der Waals surface area contributed by atoms with Crippen molar-refractivity contribution in [2.45, 2.75) is 38.7 Å². The van der Waals surface area contributed by atoms with Crippen LogP contribution in [0.4, 0.5) is 0 Å². The average Bonchev–Trinajstić information content (AvgIpc) is 2.37. The Hall–Kier alpha value is -0.693. The summed E-state index contributed by atoms with van der Waals surface area (Å²) in [6.45, 7) is 3.65. The predicted octanol–water partition coefficient (Wildman–Crippen LogP) is 2.46. The predicted molar refractivity (Wildman–Crippen MR) is 71.4 cm³/mol. The number of rotatable bonds is 9. The number of carboxylic acids is 1. The van der Waals surface area contributed by atoms with E-state index in [1.54, 1.807) is 34.3 Å². The molecule has 0 saturated carbocycles. The van der Waals surface area contributed by atoms with Crippen LogP contribution in [0.3, 0.4) is 0 Å². The lowest BCUT2D eigenvalue weighted by atomic mass is 10.1. The molecule has 1 N–H and O–H groups in total. The lowest BCUT2D eigenvalue weighted by molar-refractivity contribution is -0.132. The van der Waals surface area contributed by atoms with Crippen molar-refractivity contribution in [3.05, 3.63) is 11.6 Å². The van der Waals surface area contributed by atoms with Gasteiger partial charge in [-0.2, -0.15) is 0 Å². The molecule has 0 aromatic heterocycles. The van der Waals surface area contributed by atoms with Crippen LogP contribution in [0, 0.1) is 0 Å². The molecule has 0 spiro atoms. The van der Waals surface area contributed by atoms with Crippen molar-refractivity contribution in [1.82, 2.24) is 0 Å². The van der Waals surface area contributed by atoms with E-state index in [-0.39, 0.29) is 5.54 Å². The van der Waals surface area contributed by atoms with Crippen molar-refractivity contribution in [1.29, 1.82) is 0 Å². The number of hydrogen-bond acceptors (Lipinski definition) is 4. The van der Waals surface area contributed by atoms with Gasteiger partial charge in [-0.05, 0) is 19.8 Å². The number of allylic oxidation sites excluding steroid dienone is 1. The monoisotopic (exact) mass is 276 g/mol. The summed E-state index contributed by atoms with van der Waals surface area (Å²) < 4.78 is 16.4. The standard InChI is InChI=1S/C12H24O5Si/c1-6-7-11(9-8-10(2)12(13)14)18(15-3,16-4)17-5/h8,11H,6-7,9H2,1-5H3,(H,13,14)/b10-8+. The molecule has 0 saturated heterocycles. The molecule has 6 heteroatoms. The Morgan fingerprint density at radius 3 is 2.11 bits per heavy atom. The molecule has 0 fully saturated rings. The van der Waals surface area contributed by atoms with Crippen LogP contribution >= 0.6 is 0 Å². The van der Waals surface area contributed by atoms with Gasteiger partial charge in [0.15, 0.2) is 0 Å². The average molecular weight is 276 g/mol. The fraction of sp³-hybridized carbons (Fsp3) is 0.750. The lowest BCUT2D eigenvalue weighted by Gasteiger charge is -2.31. The van der Waals surface area contributed by atoms with Gasteiger partial charge in [-0.1, -0.05) is 19.4 Å². The number of hydrogen-bond donors (Lipinski definition) is 1. The maximum atomic E-state index is 10.8. The topological polar surface area (TPSA) is 65.0 Å². The zero-order valence-electron chi connectivity index (χ0n) is 11.9. The molecule has 0 aromatic carbocycles. The van der Waals surface area contributed by atoms with Crippen molar-refractivity contribution < 1.29 is 23.2 Å². The Bertz CT molecular complexity index is 278. The molecule has 0 amide bonds. The lowest BCUT2D eigenvalue weighted by Crippen LogP contribution is -2.47. The molecular weight excluding hydrogens is 252 g/mol. The van der Waals surface area contributed by atoms with Crippen LogP contribution in [0.1, 0.15) is 33.1 Å². The van der Waals surface area contributed by atoms with Crippen LogP contribution in [0.25, 0.3) is 0 Å². The summed E-state index contributed by atoms with van der Waals surface area (Å²) in [5.74, 6) is -0.898. The minimum Gasteiger partial charge on any atom is -0.478 e. The molecule has 5 nitrogen and oxygen atoms in total. The van der Waals surface area contributed by atoms with E-state index in [1.807, 2.05) is 0 Å². The van der Waals surface area contributed by atoms with Gasteiger partial charge in [-0.25, -0.2) is 4.79 Å². The van der Waals surface area contributed by atoms with E-state index in [0.29, 0.717) is 12.0 Å². The summed E-state index contributed by atoms with van der Waals surface area (Å²) in [5.41, 5.74) is 0.416. The van der Waals surface area contributed by atoms with Crippen molar-refractivity contribution in [2.75, 3.05) is 21.3 Å². The Labute approximate surface area is 110 Å². The van der Waals surface area contributed by atoms with Crippen molar-refractivity contribution >= 4 is 14.8 Å². The third-order valence-corrected chi connectivity index (χ3v) is 6.27. The van der Waals surface area contributed by atoms with Crippen LogP contribution in [0.15, 0.2) is 11.6 Å². The maximum Gasteiger partial charge on any atom is 0.503 e. The molecule has 0 aliphatic rings. The molecular formula is C12H24O5Si. The van der Waals surface area contributed by atoms with Gasteiger partial charge in [0, 0.05) is 32.4 Å². The van der Waals surface area contributed by atoms with Gasteiger partial charge in [-0.3, -0.25) is 0 Å². The Morgan fingerprint density at radius 1 is 1.28 bits per heavy atom.